The first kappa shape index (κ1) is 21.7. The topological polar surface area (TPSA) is 57.0 Å². The molecule has 29 heavy (non-hydrogen) atoms. The molecule has 3 rings (SSSR count). The zero-order valence-corrected chi connectivity index (χ0v) is 17.6. The minimum atomic E-state index is -4.68. The van der Waals surface area contributed by atoms with Crippen LogP contribution in [-0.4, -0.2) is 34.6 Å². The summed E-state index contributed by atoms with van der Waals surface area (Å²) >= 11 is 2.17. The number of pyridine rings is 1. The van der Waals surface area contributed by atoms with Gasteiger partial charge in [0.05, 0.1) is 27.5 Å². The molecule has 0 aromatic carbocycles. The molecule has 0 unspecified atom stereocenters. The van der Waals surface area contributed by atoms with E-state index in [1.165, 1.54) is 11.3 Å². The van der Waals surface area contributed by atoms with Crippen molar-refractivity contribution in [3.63, 3.8) is 0 Å². The van der Waals surface area contributed by atoms with E-state index in [9.17, 15) is 23.2 Å². The number of thiophene rings is 1. The van der Waals surface area contributed by atoms with Gasteiger partial charge in [0.15, 0.2) is 0 Å². The summed E-state index contributed by atoms with van der Waals surface area (Å²) in [6.07, 6.45) is -3.63. The number of hydrogen-bond acceptors (Lipinski definition) is 5. The Morgan fingerprint density at radius 2 is 2.07 bits per heavy atom. The van der Waals surface area contributed by atoms with Crippen LogP contribution in [0.2, 0.25) is 0 Å². The molecule has 2 aromatic heterocycles. The largest absolute Gasteiger partial charge is 0.417 e. The van der Waals surface area contributed by atoms with Gasteiger partial charge in [-0.3, -0.25) is 4.79 Å². The maximum absolute atomic E-state index is 13.6. The van der Waals surface area contributed by atoms with Crippen molar-refractivity contribution in [1.29, 1.82) is 5.26 Å². The number of carbonyl (C=O) groups is 1. The molecule has 2 aromatic rings. The zero-order valence-electron chi connectivity index (χ0n) is 16.0. The Morgan fingerprint density at radius 1 is 1.38 bits per heavy atom. The van der Waals surface area contributed by atoms with Gasteiger partial charge in [0.25, 0.3) is 0 Å². The van der Waals surface area contributed by atoms with Gasteiger partial charge in [-0.05, 0) is 35.8 Å². The molecule has 1 aliphatic heterocycles. The highest BCUT2D eigenvalue weighted by molar-refractivity contribution is 8.00. The first-order valence-electron chi connectivity index (χ1n) is 9.15. The molecule has 3 heterocycles. The molecule has 0 aliphatic carbocycles. The van der Waals surface area contributed by atoms with Gasteiger partial charge in [-0.2, -0.15) is 18.4 Å². The van der Waals surface area contributed by atoms with Crippen LogP contribution in [0.1, 0.15) is 31.4 Å². The summed E-state index contributed by atoms with van der Waals surface area (Å²) in [4.78, 5) is 19.3. The molecule has 154 valence electrons. The fourth-order valence-corrected chi connectivity index (χ4v) is 5.19. The summed E-state index contributed by atoms with van der Waals surface area (Å²) in [5.74, 6) is 0.583. The molecule has 4 nitrogen and oxygen atoms in total. The number of thioether (sulfide) groups is 1. The van der Waals surface area contributed by atoms with Crippen molar-refractivity contribution < 1.29 is 18.0 Å². The van der Waals surface area contributed by atoms with Gasteiger partial charge in [0.2, 0.25) is 5.91 Å². The number of nitriles is 1. The molecular weight excluding hydrogens is 419 g/mol. The Kier molecular flexibility index (Phi) is 6.54. The van der Waals surface area contributed by atoms with Crippen LogP contribution in [0.4, 0.5) is 13.2 Å². The Balaban J connectivity index is 1.88. The van der Waals surface area contributed by atoms with Gasteiger partial charge in [-0.1, -0.05) is 31.7 Å². The van der Waals surface area contributed by atoms with Crippen molar-refractivity contribution in [1.82, 2.24) is 9.88 Å². The van der Waals surface area contributed by atoms with Gasteiger partial charge in [0.1, 0.15) is 11.1 Å². The Bertz CT molecular complexity index is 912. The SMILES string of the molecule is C[C@@H]1C[C@H](C)CN(C(=O)CSc2nc(-c3cccs3)cc(C(F)(F)F)c2C#N)C1. The van der Waals surface area contributed by atoms with E-state index in [-0.39, 0.29) is 22.4 Å². The molecule has 1 aliphatic rings. The molecule has 0 bridgehead atoms. The zero-order chi connectivity index (χ0) is 21.2. The third kappa shape index (κ3) is 5.11. The van der Waals surface area contributed by atoms with E-state index in [4.69, 9.17) is 0 Å². The minimum Gasteiger partial charge on any atom is -0.341 e. The highest BCUT2D eigenvalue weighted by Gasteiger charge is 2.36. The Hall–Kier alpha value is -2.05. The number of rotatable bonds is 4. The average Bonchev–Trinajstić information content (AvgIpc) is 3.18. The van der Waals surface area contributed by atoms with E-state index in [2.05, 4.69) is 18.8 Å². The lowest BCUT2D eigenvalue weighted by Crippen LogP contribution is -2.43. The molecule has 0 saturated carbocycles. The van der Waals surface area contributed by atoms with E-state index in [1.807, 2.05) is 0 Å². The Morgan fingerprint density at radius 3 is 2.62 bits per heavy atom. The third-order valence-corrected chi connectivity index (χ3v) is 6.58. The third-order valence-electron chi connectivity index (χ3n) is 4.73. The lowest BCUT2D eigenvalue weighted by atomic mass is 9.92. The second-order valence-electron chi connectivity index (χ2n) is 7.36. The minimum absolute atomic E-state index is 0.0493. The van der Waals surface area contributed by atoms with Crippen LogP contribution in [0, 0.1) is 23.2 Å². The van der Waals surface area contributed by atoms with Gasteiger partial charge >= 0.3 is 6.18 Å². The van der Waals surface area contributed by atoms with Gasteiger partial charge < -0.3 is 4.90 Å². The van der Waals surface area contributed by atoms with Crippen LogP contribution >= 0.6 is 23.1 Å². The molecule has 0 spiro atoms. The number of nitrogens with zero attached hydrogens (tertiary/aromatic N) is 3. The smallest absolute Gasteiger partial charge is 0.341 e. The number of carbonyl (C=O) groups excluding carboxylic acids is 1. The number of hydrogen-bond donors (Lipinski definition) is 0. The number of amides is 1. The number of likely N-dealkylation sites (tertiary alicyclic amines) is 1. The highest BCUT2D eigenvalue weighted by atomic mass is 32.2. The van der Waals surface area contributed by atoms with Crippen molar-refractivity contribution >= 4 is 29.0 Å². The summed E-state index contributed by atoms with van der Waals surface area (Å²) in [5.41, 5.74) is -1.40. The van der Waals surface area contributed by atoms with Gasteiger partial charge in [-0.15, -0.1) is 11.3 Å². The number of piperidine rings is 1. The van der Waals surface area contributed by atoms with E-state index in [0.717, 1.165) is 24.2 Å². The van der Waals surface area contributed by atoms with E-state index in [1.54, 1.807) is 28.5 Å². The first-order valence-corrected chi connectivity index (χ1v) is 11.0. The molecule has 1 fully saturated rings. The summed E-state index contributed by atoms with van der Waals surface area (Å²) in [6, 6.07) is 5.94. The quantitative estimate of drug-likeness (QED) is 0.607. The Labute approximate surface area is 175 Å². The standard InChI is InChI=1S/C20H20F3N3OS2/c1-12-6-13(2)10-26(9-12)18(27)11-29-19-14(8-24)15(20(21,22)23)7-16(25-19)17-4-3-5-28-17/h3-5,7,12-13H,6,9-11H2,1-2H3/t12-,13+. The fraction of sp³-hybridized carbons (Fsp3) is 0.450. The van der Waals surface area contributed by atoms with Crippen molar-refractivity contribution in [3.05, 3.63) is 34.7 Å². The summed E-state index contributed by atoms with van der Waals surface area (Å²) in [5, 5.41) is 11.1. The molecule has 1 saturated heterocycles. The number of aromatic nitrogens is 1. The molecular formula is C20H20F3N3OS2. The second-order valence-corrected chi connectivity index (χ2v) is 9.27. The predicted octanol–water partition coefficient (Wildman–Crippen LogP) is 5.30. The fourth-order valence-electron chi connectivity index (χ4n) is 3.60. The van der Waals surface area contributed by atoms with E-state index < -0.39 is 17.3 Å². The predicted molar refractivity (Wildman–Crippen MR) is 108 cm³/mol. The first-order chi connectivity index (χ1) is 13.7. The maximum Gasteiger partial charge on any atom is 0.417 e. The summed E-state index contributed by atoms with van der Waals surface area (Å²) in [6.45, 7) is 5.45. The van der Waals surface area contributed by atoms with Crippen LogP contribution in [0.25, 0.3) is 10.6 Å². The summed E-state index contributed by atoms with van der Waals surface area (Å²) in [7, 11) is 0. The normalized spacial score (nSPS) is 19.8. The van der Waals surface area contributed by atoms with Crippen LogP contribution in [0.3, 0.4) is 0 Å². The second kappa shape index (κ2) is 8.76. The van der Waals surface area contributed by atoms with Crippen molar-refractivity contribution in [2.24, 2.45) is 11.8 Å². The number of halogens is 3. The van der Waals surface area contributed by atoms with Crippen molar-refractivity contribution in [2.75, 3.05) is 18.8 Å². The van der Waals surface area contributed by atoms with E-state index >= 15 is 0 Å². The number of alkyl halides is 3. The average molecular weight is 440 g/mol. The van der Waals surface area contributed by atoms with E-state index in [0.29, 0.717) is 29.8 Å². The molecule has 0 radical (unpaired) electrons. The van der Waals surface area contributed by atoms with Gasteiger partial charge in [-0.25, -0.2) is 4.98 Å². The monoisotopic (exact) mass is 439 g/mol. The summed E-state index contributed by atoms with van der Waals surface area (Å²) < 4.78 is 40.7. The van der Waals surface area contributed by atoms with Crippen LogP contribution < -0.4 is 0 Å². The van der Waals surface area contributed by atoms with Crippen LogP contribution in [-0.2, 0) is 11.0 Å². The molecule has 1 amide bonds. The van der Waals surface area contributed by atoms with Crippen molar-refractivity contribution in [3.8, 4) is 16.6 Å². The van der Waals surface area contributed by atoms with Crippen LogP contribution in [0.15, 0.2) is 28.6 Å². The molecule has 9 heteroatoms. The lowest BCUT2D eigenvalue weighted by molar-refractivity contribution is -0.138. The highest BCUT2D eigenvalue weighted by Crippen LogP contribution is 2.38. The van der Waals surface area contributed by atoms with Gasteiger partial charge in [0, 0.05) is 13.1 Å². The maximum atomic E-state index is 13.6. The lowest BCUT2D eigenvalue weighted by Gasteiger charge is -2.35. The molecule has 0 N–H and O–H groups in total. The van der Waals surface area contributed by atoms with Crippen molar-refractivity contribution in [2.45, 2.75) is 31.5 Å². The van der Waals surface area contributed by atoms with Crippen LogP contribution in [0.5, 0.6) is 0 Å². The molecule has 2 atom stereocenters.